The zero-order valence-electron chi connectivity index (χ0n) is 19.6. The van der Waals surface area contributed by atoms with Crippen molar-refractivity contribution in [3.8, 4) is 5.75 Å². The van der Waals surface area contributed by atoms with Crippen molar-refractivity contribution < 1.29 is 22.7 Å². The number of carbonyl (C=O) groups is 1. The second-order valence-electron chi connectivity index (χ2n) is 8.96. The summed E-state index contributed by atoms with van der Waals surface area (Å²) >= 11 is 0. The Balaban J connectivity index is 1.24. The molecule has 184 valence electrons. The summed E-state index contributed by atoms with van der Waals surface area (Å²) in [4.78, 5) is 19.6. The molecule has 2 aromatic rings. The Morgan fingerprint density at radius 1 is 0.941 bits per heavy atom. The summed E-state index contributed by atoms with van der Waals surface area (Å²) in [7, 11) is 0. The minimum Gasteiger partial charge on any atom is -0.492 e. The molecule has 0 saturated carbocycles. The van der Waals surface area contributed by atoms with E-state index in [1.54, 1.807) is 12.1 Å². The van der Waals surface area contributed by atoms with Gasteiger partial charge in [-0.2, -0.15) is 13.2 Å². The number of nitrogens with zero attached hydrogens (tertiary/aromatic N) is 3. The van der Waals surface area contributed by atoms with Crippen molar-refractivity contribution in [2.24, 2.45) is 5.92 Å². The van der Waals surface area contributed by atoms with Crippen LogP contribution in [0.25, 0.3) is 0 Å². The van der Waals surface area contributed by atoms with E-state index in [-0.39, 0.29) is 11.8 Å². The average molecular weight is 476 g/mol. The number of halogens is 3. The number of carbonyl (C=O) groups excluding carboxylic acids is 1. The number of piperazine rings is 1. The lowest BCUT2D eigenvalue weighted by Gasteiger charge is -2.39. The summed E-state index contributed by atoms with van der Waals surface area (Å²) in [5.41, 5.74) is 1.32. The van der Waals surface area contributed by atoms with E-state index < -0.39 is 11.7 Å². The summed E-state index contributed by atoms with van der Waals surface area (Å²) in [5, 5.41) is 0. The number of hydrogen-bond donors (Lipinski definition) is 0. The Bertz CT molecular complexity index is 949. The smallest absolute Gasteiger partial charge is 0.416 e. The first-order chi connectivity index (χ1) is 16.3. The first-order valence-corrected chi connectivity index (χ1v) is 12.0. The van der Waals surface area contributed by atoms with Crippen molar-refractivity contribution in [2.75, 3.05) is 50.8 Å². The molecule has 2 fully saturated rings. The maximum Gasteiger partial charge on any atom is 0.416 e. The van der Waals surface area contributed by atoms with Crippen LogP contribution in [0.4, 0.5) is 18.9 Å². The third-order valence-corrected chi connectivity index (χ3v) is 6.72. The van der Waals surface area contributed by atoms with Crippen molar-refractivity contribution in [3.63, 3.8) is 0 Å². The molecule has 0 N–H and O–H groups in total. The summed E-state index contributed by atoms with van der Waals surface area (Å²) in [6.45, 7) is 7.71. The lowest BCUT2D eigenvalue weighted by molar-refractivity contribution is -0.138. The van der Waals surface area contributed by atoms with Gasteiger partial charge in [-0.1, -0.05) is 24.3 Å². The number of piperidine rings is 1. The van der Waals surface area contributed by atoms with Crippen molar-refractivity contribution in [2.45, 2.75) is 32.5 Å². The van der Waals surface area contributed by atoms with Crippen LogP contribution in [-0.2, 0) is 17.5 Å². The maximum atomic E-state index is 13.1. The van der Waals surface area contributed by atoms with Crippen LogP contribution in [0.2, 0.25) is 0 Å². The van der Waals surface area contributed by atoms with Crippen molar-refractivity contribution in [1.82, 2.24) is 9.80 Å². The number of ether oxygens (including phenoxy) is 1. The number of rotatable bonds is 6. The molecule has 0 radical (unpaired) electrons. The molecule has 2 aliphatic heterocycles. The van der Waals surface area contributed by atoms with Gasteiger partial charge in [0.25, 0.3) is 0 Å². The molecular weight excluding hydrogens is 443 g/mol. The third-order valence-electron chi connectivity index (χ3n) is 6.72. The van der Waals surface area contributed by atoms with Crippen LogP contribution in [0, 0.1) is 5.92 Å². The number of benzene rings is 2. The van der Waals surface area contributed by atoms with Crippen LogP contribution in [0.5, 0.6) is 5.75 Å². The first kappa shape index (κ1) is 24.4. The first-order valence-electron chi connectivity index (χ1n) is 12.0. The quantitative estimate of drug-likeness (QED) is 0.609. The molecule has 0 unspecified atom stereocenters. The van der Waals surface area contributed by atoms with Crippen molar-refractivity contribution in [3.05, 3.63) is 59.7 Å². The molecule has 2 aliphatic rings. The molecule has 2 aromatic carbocycles. The molecule has 2 heterocycles. The number of para-hydroxylation sites is 2. The molecular formula is C26H32F3N3O2. The normalized spacial score (nSPS) is 18.2. The topological polar surface area (TPSA) is 36.0 Å². The number of likely N-dealkylation sites (tertiary alicyclic amines) is 1. The monoisotopic (exact) mass is 475 g/mol. The lowest BCUT2D eigenvalue weighted by Crippen LogP contribution is -2.51. The predicted octanol–water partition coefficient (Wildman–Crippen LogP) is 4.66. The highest BCUT2D eigenvalue weighted by Crippen LogP contribution is 2.31. The SMILES string of the molecule is CCOc1ccccc1N1CCN(C(=O)C2CCN(Cc3ccc(C(F)(F)F)cc3)CC2)CC1. The van der Waals surface area contributed by atoms with E-state index in [0.29, 0.717) is 26.2 Å². The molecule has 0 aliphatic carbocycles. The van der Waals surface area contributed by atoms with E-state index in [1.165, 1.54) is 0 Å². The Kier molecular flexibility index (Phi) is 7.66. The number of alkyl halides is 3. The van der Waals surface area contributed by atoms with Gasteiger partial charge >= 0.3 is 6.18 Å². The van der Waals surface area contributed by atoms with Crippen molar-refractivity contribution in [1.29, 1.82) is 0 Å². The molecule has 34 heavy (non-hydrogen) atoms. The third kappa shape index (κ3) is 5.84. The van der Waals surface area contributed by atoms with Crippen LogP contribution in [0.3, 0.4) is 0 Å². The molecule has 0 bridgehead atoms. The van der Waals surface area contributed by atoms with Gasteiger partial charge in [0.15, 0.2) is 0 Å². The highest BCUT2D eigenvalue weighted by Gasteiger charge is 2.32. The molecule has 2 saturated heterocycles. The van der Waals surface area contributed by atoms with E-state index in [9.17, 15) is 18.0 Å². The van der Waals surface area contributed by atoms with E-state index in [2.05, 4.69) is 15.9 Å². The fourth-order valence-corrected chi connectivity index (χ4v) is 4.82. The Morgan fingerprint density at radius 3 is 2.21 bits per heavy atom. The average Bonchev–Trinajstić information content (AvgIpc) is 2.85. The summed E-state index contributed by atoms with van der Waals surface area (Å²) in [6.07, 6.45) is -2.74. The second kappa shape index (κ2) is 10.7. The largest absolute Gasteiger partial charge is 0.492 e. The summed E-state index contributed by atoms with van der Waals surface area (Å²) in [5.74, 6) is 1.13. The van der Waals surface area contributed by atoms with Gasteiger partial charge < -0.3 is 14.5 Å². The van der Waals surface area contributed by atoms with Crippen LogP contribution < -0.4 is 9.64 Å². The molecule has 0 aromatic heterocycles. The van der Waals surface area contributed by atoms with Crippen LogP contribution in [-0.4, -0.2) is 61.6 Å². The maximum absolute atomic E-state index is 13.1. The van der Waals surface area contributed by atoms with Gasteiger partial charge in [-0.25, -0.2) is 0 Å². The van der Waals surface area contributed by atoms with Gasteiger partial charge in [-0.15, -0.1) is 0 Å². The fraction of sp³-hybridized carbons (Fsp3) is 0.500. The summed E-state index contributed by atoms with van der Waals surface area (Å²) in [6, 6.07) is 13.4. The standard InChI is InChI=1S/C26H32F3N3O2/c1-2-34-24-6-4-3-5-23(24)31-15-17-32(18-16-31)25(33)21-11-13-30(14-12-21)19-20-7-9-22(10-8-20)26(27,28)29/h3-10,21H,2,11-19H2,1H3. The molecule has 0 spiro atoms. The van der Waals surface area contributed by atoms with Gasteiger partial charge in [0, 0.05) is 38.6 Å². The van der Waals surface area contributed by atoms with Gasteiger partial charge in [0.05, 0.1) is 17.9 Å². The highest BCUT2D eigenvalue weighted by molar-refractivity contribution is 5.79. The Morgan fingerprint density at radius 2 is 1.59 bits per heavy atom. The van der Waals surface area contributed by atoms with E-state index in [4.69, 9.17) is 4.74 Å². The molecule has 4 rings (SSSR count). The van der Waals surface area contributed by atoms with E-state index in [1.807, 2.05) is 30.0 Å². The zero-order valence-corrected chi connectivity index (χ0v) is 19.6. The van der Waals surface area contributed by atoms with E-state index >= 15 is 0 Å². The minimum atomic E-state index is -4.31. The van der Waals surface area contributed by atoms with Gasteiger partial charge in [-0.3, -0.25) is 9.69 Å². The minimum absolute atomic E-state index is 0.0196. The van der Waals surface area contributed by atoms with E-state index in [0.717, 1.165) is 68.2 Å². The lowest BCUT2D eigenvalue weighted by atomic mass is 9.94. The van der Waals surface area contributed by atoms with Crippen molar-refractivity contribution >= 4 is 11.6 Å². The number of hydrogen-bond acceptors (Lipinski definition) is 4. The van der Waals surface area contributed by atoms with Gasteiger partial charge in [0.1, 0.15) is 5.75 Å². The predicted molar refractivity (Wildman–Crippen MR) is 126 cm³/mol. The molecule has 5 nitrogen and oxygen atoms in total. The highest BCUT2D eigenvalue weighted by atomic mass is 19.4. The zero-order chi connectivity index (χ0) is 24.1. The van der Waals surface area contributed by atoms with Gasteiger partial charge in [-0.05, 0) is 62.7 Å². The summed E-state index contributed by atoms with van der Waals surface area (Å²) < 4.78 is 44.0. The van der Waals surface area contributed by atoms with Gasteiger partial charge in [0.2, 0.25) is 5.91 Å². The fourth-order valence-electron chi connectivity index (χ4n) is 4.82. The second-order valence-corrected chi connectivity index (χ2v) is 8.96. The number of amides is 1. The Labute approximate surface area is 199 Å². The van der Waals surface area contributed by atoms with Crippen LogP contribution in [0.15, 0.2) is 48.5 Å². The molecule has 1 amide bonds. The Hall–Kier alpha value is -2.74. The number of anilines is 1. The molecule has 8 heteroatoms. The van der Waals surface area contributed by atoms with Crippen LogP contribution >= 0.6 is 0 Å². The van der Waals surface area contributed by atoms with Crippen LogP contribution in [0.1, 0.15) is 30.9 Å². The molecule has 0 atom stereocenters.